The van der Waals surface area contributed by atoms with Gasteiger partial charge in [0.2, 0.25) is 0 Å². The van der Waals surface area contributed by atoms with Gasteiger partial charge in [-0.15, -0.1) is 0 Å². The van der Waals surface area contributed by atoms with Crippen molar-refractivity contribution in [1.82, 2.24) is 10.2 Å². The molecule has 1 heterocycles. The number of aromatic amines is 1. The number of hydrogen-bond acceptors (Lipinski definition) is 5. The molecule has 0 saturated heterocycles. The second kappa shape index (κ2) is 7.82. The average molecular weight is 365 g/mol. The Kier molecular flexibility index (Phi) is 5.30. The van der Waals surface area contributed by atoms with E-state index in [-0.39, 0.29) is 12.0 Å². The molecule has 1 unspecified atom stereocenters. The highest BCUT2D eigenvalue weighted by Gasteiger charge is 2.19. The summed E-state index contributed by atoms with van der Waals surface area (Å²) >= 11 is 0. The molecule has 2 N–H and O–H groups in total. The number of aromatic nitrogens is 2. The maximum atomic E-state index is 12.2. The van der Waals surface area contributed by atoms with E-state index in [0.29, 0.717) is 22.2 Å². The van der Waals surface area contributed by atoms with Crippen LogP contribution in [0, 0.1) is 6.92 Å². The van der Waals surface area contributed by atoms with Crippen molar-refractivity contribution in [3.05, 3.63) is 70.1 Å². The van der Waals surface area contributed by atoms with Crippen LogP contribution in [0.2, 0.25) is 0 Å². The first-order valence-corrected chi connectivity index (χ1v) is 8.47. The van der Waals surface area contributed by atoms with Crippen molar-refractivity contribution in [2.45, 2.75) is 26.4 Å². The van der Waals surface area contributed by atoms with Gasteiger partial charge >= 0.3 is 5.97 Å². The van der Waals surface area contributed by atoms with Crippen molar-refractivity contribution >= 4 is 28.3 Å². The molecule has 27 heavy (non-hydrogen) atoms. The Bertz CT molecular complexity index is 1040. The third-order valence-electron chi connectivity index (χ3n) is 4.08. The number of ether oxygens (including phenoxy) is 1. The Balaban J connectivity index is 1.65. The summed E-state index contributed by atoms with van der Waals surface area (Å²) in [6.45, 7) is 3.45. The molecular formula is C20H19N3O4. The first kappa shape index (κ1) is 18.3. The summed E-state index contributed by atoms with van der Waals surface area (Å²) in [5.41, 5.74) is 1.77. The van der Waals surface area contributed by atoms with Gasteiger partial charge in [0.25, 0.3) is 11.5 Å². The van der Waals surface area contributed by atoms with E-state index in [9.17, 15) is 14.4 Å². The zero-order chi connectivity index (χ0) is 19.4. The van der Waals surface area contributed by atoms with Crippen molar-refractivity contribution in [2.75, 3.05) is 5.32 Å². The van der Waals surface area contributed by atoms with Gasteiger partial charge in [0.1, 0.15) is 0 Å². The summed E-state index contributed by atoms with van der Waals surface area (Å²) in [6, 6.07) is 14.2. The van der Waals surface area contributed by atoms with Crippen molar-refractivity contribution in [3.63, 3.8) is 0 Å². The molecule has 0 saturated carbocycles. The van der Waals surface area contributed by atoms with E-state index >= 15 is 0 Å². The molecule has 0 radical (unpaired) electrons. The minimum atomic E-state index is -0.965. The van der Waals surface area contributed by atoms with Crippen LogP contribution < -0.4 is 10.9 Å². The Morgan fingerprint density at radius 1 is 1.11 bits per heavy atom. The van der Waals surface area contributed by atoms with Gasteiger partial charge in [-0.25, -0.2) is 5.10 Å². The van der Waals surface area contributed by atoms with Crippen LogP contribution in [0.5, 0.6) is 0 Å². The molecule has 0 aliphatic heterocycles. The van der Waals surface area contributed by atoms with E-state index in [2.05, 4.69) is 15.5 Å². The first-order valence-electron chi connectivity index (χ1n) is 8.47. The molecule has 2 aromatic carbocycles. The number of carbonyl (C=O) groups is 2. The Hall–Kier alpha value is -3.48. The van der Waals surface area contributed by atoms with Crippen LogP contribution in [-0.4, -0.2) is 28.2 Å². The first-order chi connectivity index (χ1) is 12.9. The lowest BCUT2D eigenvalue weighted by Crippen LogP contribution is -2.30. The highest BCUT2D eigenvalue weighted by molar-refractivity contribution is 5.95. The maximum Gasteiger partial charge on any atom is 0.312 e. The highest BCUT2D eigenvalue weighted by Crippen LogP contribution is 2.14. The van der Waals surface area contributed by atoms with Crippen molar-refractivity contribution in [1.29, 1.82) is 0 Å². The van der Waals surface area contributed by atoms with E-state index in [1.165, 1.54) is 6.92 Å². The second-order valence-corrected chi connectivity index (χ2v) is 6.21. The van der Waals surface area contributed by atoms with Crippen molar-refractivity contribution in [3.8, 4) is 0 Å². The smallest absolute Gasteiger partial charge is 0.312 e. The zero-order valence-corrected chi connectivity index (χ0v) is 15.0. The van der Waals surface area contributed by atoms with E-state index in [1.807, 2.05) is 19.1 Å². The van der Waals surface area contributed by atoms with Crippen LogP contribution in [0.25, 0.3) is 10.8 Å². The fourth-order valence-corrected chi connectivity index (χ4v) is 2.62. The SMILES string of the molecule is Cc1ccc(NC(=O)C(C)OC(=O)Cc2n[nH]c(=O)c3ccccc23)cc1. The van der Waals surface area contributed by atoms with Gasteiger partial charge in [0.15, 0.2) is 6.10 Å². The summed E-state index contributed by atoms with van der Waals surface area (Å²) in [5.74, 6) is -1.03. The summed E-state index contributed by atoms with van der Waals surface area (Å²) in [7, 11) is 0. The molecule has 3 aromatic rings. The number of carbonyl (C=O) groups excluding carboxylic acids is 2. The third kappa shape index (κ3) is 4.38. The molecule has 0 fully saturated rings. The number of benzene rings is 2. The van der Waals surface area contributed by atoms with Gasteiger partial charge in [-0.3, -0.25) is 14.4 Å². The molecule has 1 aromatic heterocycles. The standard InChI is InChI=1S/C20H19N3O4/c1-12-7-9-14(10-8-12)21-19(25)13(2)27-18(24)11-17-15-5-3-4-6-16(15)20(26)23-22-17/h3-10,13H,11H2,1-2H3,(H,21,25)(H,23,26). The van der Waals surface area contributed by atoms with Gasteiger partial charge in [-0.1, -0.05) is 35.9 Å². The van der Waals surface area contributed by atoms with Crippen LogP contribution in [0.1, 0.15) is 18.2 Å². The molecule has 0 bridgehead atoms. The normalized spacial score (nSPS) is 11.8. The lowest BCUT2D eigenvalue weighted by Gasteiger charge is -2.14. The third-order valence-corrected chi connectivity index (χ3v) is 4.08. The quantitative estimate of drug-likeness (QED) is 0.676. The second-order valence-electron chi connectivity index (χ2n) is 6.21. The fourth-order valence-electron chi connectivity index (χ4n) is 2.62. The predicted molar refractivity (Wildman–Crippen MR) is 101 cm³/mol. The molecule has 0 spiro atoms. The fraction of sp³-hybridized carbons (Fsp3) is 0.200. The number of hydrogen-bond donors (Lipinski definition) is 2. The number of anilines is 1. The maximum absolute atomic E-state index is 12.2. The molecule has 7 nitrogen and oxygen atoms in total. The van der Waals surface area contributed by atoms with Crippen LogP contribution in [0.3, 0.4) is 0 Å². The van der Waals surface area contributed by atoms with Crippen LogP contribution in [0.4, 0.5) is 5.69 Å². The largest absolute Gasteiger partial charge is 0.452 e. The minimum absolute atomic E-state index is 0.153. The van der Waals surface area contributed by atoms with Gasteiger partial charge in [0.05, 0.1) is 17.5 Å². The molecule has 7 heteroatoms. The van der Waals surface area contributed by atoms with Crippen LogP contribution >= 0.6 is 0 Å². The van der Waals surface area contributed by atoms with Gasteiger partial charge in [-0.05, 0) is 32.0 Å². The number of nitrogens with zero attached hydrogens (tertiary/aromatic N) is 1. The molecule has 1 amide bonds. The molecule has 0 aliphatic carbocycles. The van der Waals surface area contributed by atoms with Crippen LogP contribution in [0.15, 0.2) is 53.3 Å². The lowest BCUT2D eigenvalue weighted by molar-refractivity contribution is -0.152. The molecule has 1 atom stereocenters. The average Bonchev–Trinajstić information content (AvgIpc) is 2.66. The van der Waals surface area contributed by atoms with E-state index < -0.39 is 18.0 Å². The minimum Gasteiger partial charge on any atom is -0.452 e. The van der Waals surface area contributed by atoms with Gasteiger partial charge in [0, 0.05) is 11.1 Å². The Morgan fingerprint density at radius 3 is 2.48 bits per heavy atom. The number of rotatable bonds is 5. The number of fused-ring (bicyclic) bond motifs is 1. The Labute approximate surface area is 155 Å². The summed E-state index contributed by atoms with van der Waals surface area (Å²) in [4.78, 5) is 36.2. The molecule has 0 aliphatic rings. The summed E-state index contributed by atoms with van der Waals surface area (Å²) in [5, 5.41) is 10.0. The van der Waals surface area contributed by atoms with E-state index in [0.717, 1.165) is 5.56 Å². The topological polar surface area (TPSA) is 101 Å². The Morgan fingerprint density at radius 2 is 1.78 bits per heavy atom. The van der Waals surface area contributed by atoms with Gasteiger partial charge < -0.3 is 10.1 Å². The number of amides is 1. The molecule has 3 rings (SSSR count). The number of nitrogens with one attached hydrogen (secondary N) is 2. The zero-order valence-electron chi connectivity index (χ0n) is 15.0. The summed E-state index contributed by atoms with van der Waals surface area (Å²) < 4.78 is 5.21. The predicted octanol–water partition coefficient (Wildman–Crippen LogP) is 2.34. The van der Waals surface area contributed by atoms with Crippen molar-refractivity contribution < 1.29 is 14.3 Å². The number of aryl methyl sites for hydroxylation is 1. The molecular weight excluding hydrogens is 346 g/mol. The highest BCUT2D eigenvalue weighted by atomic mass is 16.5. The van der Waals surface area contributed by atoms with Gasteiger partial charge in [-0.2, -0.15) is 5.10 Å². The monoisotopic (exact) mass is 365 g/mol. The lowest BCUT2D eigenvalue weighted by atomic mass is 10.1. The summed E-state index contributed by atoms with van der Waals surface area (Å²) in [6.07, 6.45) is -1.12. The number of esters is 1. The van der Waals surface area contributed by atoms with Crippen molar-refractivity contribution in [2.24, 2.45) is 0 Å². The number of H-pyrrole nitrogens is 1. The van der Waals surface area contributed by atoms with Crippen LogP contribution in [-0.2, 0) is 20.7 Å². The van der Waals surface area contributed by atoms with E-state index in [4.69, 9.17) is 4.74 Å². The molecule has 138 valence electrons. The van der Waals surface area contributed by atoms with E-state index in [1.54, 1.807) is 36.4 Å².